The molecule has 7 heteroatoms. The van der Waals surface area contributed by atoms with Crippen molar-refractivity contribution in [1.29, 1.82) is 0 Å². The molecule has 3 aromatic rings. The first-order valence-electron chi connectivity index (χ1n) is 10.8. The maximum Gasteiger partial charge on any atom is 0.411 e. The van der Waals surface area contributed by atoms with Gasteiger partial charge in [-0.3, -0.25) is 4.90 Å². The number of aliphatic carboxylic acids is 1. The van der Waals surface area contributed by atoms with Crippen molar-refractivity contribution in [3.63, 3.8) is 0 Å². The lowest BCUT2D eigenvalue weighted by Crippen LogP contribution is -2.41. The largest absolute Gasteiger partial charge is 0.479 e. The van der Waals surface area contributed by atoms with Gasteiger partial charge in [0.05, 0.1) is 0 Å². The Bertz CT molecular complexity index is 1180. The summed E-state index contributed by atoms with van der Waals surface area (Å²) in [7, 11) is 0. The number of rotatable bonds is 6. The van der Waals surface area contributed by atoms with Crippen LogP contribution in [0.15, 0.2) is 66.7 Å². The lowest BCUT2D eigenvalue weighted by molar-refractivity contribution is -0.143. The molecular formula is C26H21ClFNO4. The van der Waals surface area contributed by atoms with Crippen molar-refractivity contribution in [3.05, 3.63) is 94.3 Å². The van der Waals surface area contributed by atoms with Crippen molar-refractivity contribution in [2.24, 2.45) is 0 Å². The number of ether oxygens (including phenoxy) is 1. The fraction of sp³-hybridized carbons (Fsp3) is 0.231. The first-order chi connectivity index (χ1) is 15.9. The van der Waals surface area contributed by atoms with E-state index < -0.39 is 23.9 Å². The van der Waals surface area contributed by atoms with Crippen LogP contribution in [0.25, 0.3) is 11.1 Å². The van der Waals surface area contributed by atoms with E-state index in [2.05, 4.69) is 0 Å². The van der Waals surface area contributed by atoms with Crippen LogP contribution in [0.3, 0.4) is 0 Å². The van der Waals surface area contributed by atoms with Gasteiger partial charge in [-0.1, -0.05) is 60.1 Å². The highest BCUT2D eigenvalue weighted by atomic mass is 35.5. The summed E-state index contributed by atoms with van der Waals surface area (Å²) < 4.78 is 19.7. The molecule has 0 heterocycles. The first-order valence-corrected chi connectivity index (χ1v) is 11.1. The summed E-state index contributed by atoms with van der Waals surface area (Å²) in [6.45, 7) is 0.0757. The molecule has 168 valence electrons. The van der Waals surface area contributed by atoms with Crippen LogP contribution in [0.2, 0.25) is 5.02 Å². The van der Waals surface area contributed by atoms with Crippen LogP contribution in [-0.4, -0.2) is 34.7 Å². The number of carbonyl (C=O) groups excluding carboxylic acids is 1. The molecule has 5 nitrogen and oxygen atoms in total. The van der Waals surface area contributed by atoms with Crippen LogP contribution in [0.4, 0.5) is 9.18 Å². The van der Waals surface area contributed by atoms with Crippen molar-refractivity contribution in [2.75, 3.05) is 6.61 Å². The Kier molecular flexibility index (Phi) is 5.54. The monoisotopic (exact) mass is 465 g/mol. The summed E-state index contributed by atoms with van der Waals surface area (Å²) in [5, 5.41) is 10.00. The number of fused-ring (bicyclic) bond motifs is 3. The summed E-state index contributed by atoms with van der Waals surface area (Å²) >= 11 is 5.95. The molecule has 1 saturated carbocycles. The predicted octanol–water partition coefficient (Wildman–Crippen LogP) is 6.02. The van der Waals surface area contributed by atoms with E-state index in [0.717, 1.165) is 34.4 Å². The van der Waals surface area contributed by atoms with Crippen LogP contribution in [-0.2, 0) is 9.53 Å². The Morgan fingerprint density at radius 2 is 1.64 bits per heavy atom. The Labute approximate surface area is 195 Å². The zero-order chi connectivity index (χ0) is 23.1. The maximum atomic E-state index is 14.0. The van der Waals surface area contributed by atoms with Gasteiger partial charge in [-0.2, -0.15) is 0 Å². The molecule has 0 aromatic heterocycles. The minimum absolute atomic E-state index is 0.0690. The van der Waals surface area contributed by atoms with Crippen molar-refractivity contribution in [2.45, 2.75) is 30.8 Å². The molecule has 1 unspecified atom stereocenters. The average molecular weight is 466 g/mol. The molecular weight excluding hydrogens is 445 g/mol. The highest BCUT2D eigenvalue weighted by Gasteiger charge is 2.43. The second-order valence-electron chi connectivity index (χ2n) is 8.39. The minimum atomic E-state index is -1.39. The molecule has 0 bridgehead atoms. The van der Waals surface area contributed by atoms with Gasteiger partial charge in [0.25, 0.3) is 0 Å². The third-order valence-corrected chi connectivity index (χ3v) is 6.42. The molecule has 0 spiro atoms. The summed E-state index contributed by atoms with van der Waals surface area (Å²) in [4.78, 5) is 26.6. The number of carboxylic acids is 1. The third kappa shape index (κ3) is 4.07. The molecule has 33 heavy (non-hydrogen) atoms. The molecule has 0 aliphatic heterocycles. The van der Waals surface area contributed by atoms with Crippen LogP contribution >= 0.6 is 11.6 Å². The van der Waals surface area contributed by atoms with Crippen LogP contribution in [0, 0.1) is 5.82 Å². The number of carboxylic acid groups (broad SMARTS) is 1. The predicted molar refractivity (Wildman–Crippen MR) is 122 cm³/mol. The molecule has 1 atom stereocenters. The zero-order valence-electron chi connectivity index (χ0n) is 17.6. The van der Waals surface area contributed by atoms with Gasteiger partial charge < -0.3 is 9.84 Å². The van der Waals surface area contributed by atoms with Crippen LogP contribution in [0.5, 0.6) is 0 Å². The number of hydrogen-bond donors (Lipinski definition) is 1. The van der Waals surface area contributed by atoms with E-state index >= 15 is 0 Å². The number of benzene rings is 3. The molecule has 3 aromatic carbocycles. The zero-order valence-corrected chi connectivity index (χ0v) is 18.3. The first kappa shape index (κ1) is 21.5. The van der Waals surface area contributed by atoms with E-state index in [9.17, 15) is 19.1 Å². The fourth-order valence-corrected chi connectivity index (χ4v) is 4.87. The van der Waals surface area contributed by atoms with Gasteiger partial charge in [-0.25, -0.2) is 14.0 Å². The van der Waals surface area contributed by atoms with E-state index in [1.54, 1.807) is 0 Å². The number of amides is 1. The van der Waals surface area contributed by atoms with Gasteiger partial charge in [0.15, 0.2) is 6.04 Å². The Balaban J connectivity index is 1.42. The van der Waals surface area contributed by atoms with E-state index in [0.29, 0.717) is 12.8 Å². The van der Waals surface area contributed by atoms with E-state index in [1.807, 2.05) is 48.5 Å². The highest BCUT2D eigenvalue weighted by molar-refractivity contribution is 6.30. The molecule has 1 fully saturated rings. The fourth-order valence-electron chi connectivity index (χ4n) is 4.64. The van der Waals surface area contributed by atoms with E-state index in [1.165, 1.54) is 11.0 Å². The van der Waals surface area contributed by atoms with Crippen molar-refractivity contribution in [3.8, 4) is 11.1 Å². The quantitative estimate of drug-likeness (QED) is 0.483. The van der Waals surface area contributed by atoms with Crippen molar-refractivity contribution in [1.82, 2.24) is 4.90 Å². The number of hydrogen-bond acceptors (Lipinski definition) is 3. The summed E-state index contributed by atoms with van der Waals surface area (Å²) in [5.41, 5.74) is 4.44. The maximum absolute atomic E-state index is 14.0. The standard InChI is InChI=1S/C26H21ClFNO4/c27-16-11-15(12-17(28)13-16)24(25(30)31)29(18-9-10-18)26(32)33-14-23-21-7-3-1-5-19(21)20-6-2-4-8-22(20)23/h1-8,11-13,18,23-24H,9-10,14H2,(H,30,31). The summed E-state index contributed by atoms with van der Waals surface area (Å²) in [6, 6.07) is 17.9. The van der Waals surface area contributed by atoms with Gasteiger partial charge >= 0.3 is 12.1 Å². The van der Waals surface area contributed by atoms with E-state index in [4.69, 9.17) is 16.3 Å². The molecule has 2 aliphatic rings. The number of halogens is 2. The molecule has 2 aliphatic carbocycles. The molecule has 0 saturated heterocycles. The lowest BCUT2D eigenvalue weighted by atomic mass is 9.98. The summed E-state index contributed by atoms with van der Waals surface area (Å²) in [5.74, 6) is -2.07. The van der Waals surface area contributed by atoms with Gasteiger partial charge in [0.1, 0.15) is 12.4 Å². The molecule has 0 radical (unpaired) electrons. The van der Waals surface area contributed by atoms with Crippen LogP contribution < -0.4 is 0 Å². The lowest BCUT2D eigenvalue weighted by Gasteiger charge is -2.29. The van der Waals surface area contributed by atoms with Crippen LogP contribution in [0.1, 0.15) is 41.5 Å². The topological polar surface area (TPSA) is 66.8 Å². The number of carbonyl (C=O) groups is 2. The number of nitrogens with zero attached hydrogens (tertiary/aromatic N) is 1. The average Bonchev–Trinajstić information content (AvgIpc) is 3.57. The van der Waals surface area contributed by atoms with Gasteiger partial charge in [0, 0.05) is 17.0 Å². The second-order valence-corrected chi connectivity index (χ2v) is 8.82. The minimum Gasteiger partial charge on any atom is -0.479 e. The third-order valence-electron chi connectivity index (χ3n) is 6.20. The Morgan fingerprint density at radius 3 is 2.18 bits per heavy atom. The van der Waals surface area contributed by atoms with Gasteiger partial charge in [-0.05, 0) is 58.9 Å². The normalized spacial score (nSPS) is 15.5. The molecule has 5 rings (SSSR count). The van der Waals surface area contributed by atoms with Gasteiger partial charge in [-0.15, -0.1) is 0 Å². The molecule has 1 amide bonds. The smallest absolute Gasteiger partial charge is 0.411 e. The van der Waals surface area contributed by atoms with E-state index in [-0.39, 0.29) is 29.2 Å². The Morgan fingerprint density at radius 1 is 1.03 bits per heavy atom. The van der Waals surface area contributed by atoms with Gasteiger partial charge in [0.2, 0.25) is 0 Å². The highest BCUT2D eigenvalue weighted by Crippen LogP contribution is 2.45. The Hall–Kier alpha value is -3.38. The molecule has 1 N–H and O–H groups in total. The second kappa shape index (κ2) is 8.52. The van der Waals surface area contributed by atoms with Crippen molar-refractivity contribution < 1.29 is 23.8 Å². The van der Waals surface area contributed by atoms with Crippen molar-refractivity contribution >= 4 is 23.7 Å². The SMILES string of the molecule is O=C(O)C(c1cc(F)cc(Cl)c1)N(C(=O)OCC1c2ccccc2-c2ccccc21)C1CC1. The summed E-state index contributed by atoms with van der Waals surface area (Å²) in [6.07, 6.45) is 0.598.